The Hall–Kier alpha value is -3.40. The second-order valence-corrected chi connectivity index (χ2v) is 21.4. The molecule has 0 radical (unpaired) electrons. The molecule has 0 N–H and O–H groups in total. The molecule has 2 unspecified atom stereocenters. The van der Waals surface area contributed by atoms with E-state index >= 15 is 0 Å². The van der Waals surface area contributed by atoms with Gasteiger partial charge in [0.1, 0.15) is 11.5 Å². The van der Waals surface area contributed by atoms with Crippen molar-refractivity contribution in [1.82, 2.24) is 0 Å². The van der Waals surface area contributed by atoms with Crippen molar-refractivity contribution >= 4 is 47.6 Å². The van der Waals surface area contributed by atoms with Crippen molar-refractivity contribution in [1.29, 1.82) is 0 Å². The summed E-state index contributed by atoms with van der Waals surface area (Å²) in [6, 6.07) is 34.4. The first kappa shape index (κ1) is 37.4. The second kappa shape index (κ2) is 17.0. The van der Waals surface area contributed by atoms with E-state index < -0.39 is 28.9 Å². The summed E-state index contributed by atoms with van der Waals surface area (Å²) < 4.78 is 11.0. The van der Waals surface area contributed by atoms with Gasteiger partial charge in [0, 0.05) is 8.07 Å². The third-order valence-electron chi connectivity index (χ3n) is 10.5. The molecular weight excluding hydrogens is 763 g/mol. The predicted molar refractivity (Wildman–Crippen MR) is 217 cm³/mol. The molecule has 2 atom stereocenters. The maximum atomic E-state index is 5.49. The second-order valence-electron chi connectivity index (χ2n) is 13.5. The van der Waals surface area contributed by atoms with Gasteiger partial charge in [-0.15, -0.1) is 45.8 Å². The Kier molecular flexibility index (Phi) is 12.4. The molecule has 5 aromatic carbocycles. The van der Waals surface area contributed by atoms with Crippen LogP contribution in [0.3, 0.4) is 0 Å². The number of rotatable bonds is 9. The quantitative estimate of drug-likeness (QED) is 0.109. The van der Waals surface area contributed by atoms with Gasteiger partial charge < -0.3 is 9.47 Å². The van der Waals surface area contributed by atoms with Gasteiger partial charge in [-0.1, -0.05) is 105 Å². The van der Waals surface area contributed by atoms with Crippen LogP contribution in [-0.4, -0.2) is 22.3 Å². The number of halogens is 2. The van der Waals surface area contributed by atoms with E-state index in [1.54, 1.807) is 24.6 Å². The van der Waals surface area contributed by atoms with E-state index in [0.29, 0.717) is 0 Å². The normalized spacial score (nSPS) is 16.8. The van der Waals surface area contributed by atoms with Crippen LogP contribution < -0.4 is 19.8 Å². The Balaban J connectivity index is 0.00000144. The van der Waals surface area contributed by atoms with Crippen molar-refractivity contribution in [2.45, 2.75) is 44.7 Å². The van der Waals surface area contributed by atoms with E-state index in [4.69, 9.17) is 26.5 Å². The van der Waals surface area contributed by atoms with Gasteiger partial charge in [-0.25, -0.2) is 0 Å². The SMILES string of the molecule is COc1ccc(C2C=CC=Cc3c2cc(C)[c-]3[Si](C)(CCc2ccccc2)[c-]2c(C)cc3c2C=CC=CC3c2ccc(OC)cc2)cc1.[Cl][Zr+2][Cl]. The third-order valence-corrected chi connectivity index (χ3v) is 15.3. The minimum atomic E-state index is -2.36. The molecule has 0 heterocycles. The average molecular weight is 807 g/mol. The Morgan fingerprint density at radius 3 is 1.49 bits per heavy atom. The van der Waals surface area contributed by atoms with E-state index in [-0.39, 0.29) is 11.8 Å². The molecule has 2 aliphatic rings. The Bertz CT molecular complexity index is 1930. The molecule has 0 saturated carbocycles. The number of methoxy groups -OCH3 is 2. The first-order valence-electron chi connectivity index (χ1n) is 17.4. The fraction of sp³-hybridized carbons (Fsp3) is 0.200. The zero-order valence-corrected chi connectivity index (χ0v) is 34.9. The molecule has 258 valence electrons. The molecule has 0 bridgehead atoms. The van der Waals surface area contributed by atoms with Crippen LogP contribution in [0, 0.1) is 13.8 Å². The van der Waals surface area contributed by atoms with E-state index in [1.807, 2.05) is 0 Å². The monoisotopic (exact) mass is 804 g/mol. The summed E-state index contributed by atoms with van der Waals surface area (Å²) in [5.74, 6) is 2.14. The summed E-state index contributed by atoms with van der Waals surface area (Å²) in [7, 11) is 11.0. The summed E-state index contributed by atoms with van der Waals surface area (Å²) in [6.07, 6.45) is 19.5. The maximum absolute atomic E-state index is 5.49. The summed E-state index contributed by atoms with van der Waals surface area (Å²) in [6.45, 7) is 7.36. The molecular formula is C45H44Cl2O2SiZr. The van der Waals surface area contributed by atoms with Crippen LogP contribution in [0.25, 0.3) is 12.2 Å². The molecule has 5 aromatic rings. The van der Waals surface area contributed by atoms with Crippen molar-refractivity contribution in [3.63, 3.8) is 0 Å². The van der Waals surface area contributed by atoms with Gasteiger partial charge >= 0.3 is 37.9 Å². The molecule has 2 aliphatic carbocycles. The number of fused-ring (bicyclic) bond motifs is 2. The number of allylic oxidation sites excluding steroid dienone is 6. The fourth-order valence-electron chi connectivity index (χ4n) is 8.30. The van der Waals surface area contributed by atoms with Crippen LogP contribution in [0.15, 0.2) is 127 Å². The number of aryl methyl sites for hydroxylation is 3. The van der Waals surface area contributed by atoms with Crippen LogP contribution in [0.1, 0.15) is 61.9 Å². The van der Waals surface area contributed by atoms with Gasteiger partial charge in [0.05, 0.1) is 14.2 Å². The van der Waals surface area contributed by atoms with E-state index in [1.165, 1.54) is 50.1 Å². The first-order chi connectivity index (χ1) is 24.8. The molecule has 0 aliphatic heterocycles. The average Bonchev–Trinajstić information content (AvgIpc) is 3.48. The van der Waals surface area contributed by atoms with Gasteiger partial charge in [0.15, 0.2) is 0 Å². The standard InChI is InChI=1S/C45H44O2Si.2ClH.Zr/c1-31-29-42-38(34-19-23-36(46-3)24-20-34)15-9-11-17-40(42)44(31)48(5,28-27-33-13-7-6-8-14-33)45-32(2)30-43-39(16-10-12-18-41(43)45)35-21-25-37(47-4)26-22-35;;;/h6-26,29-30,38-39H,27-28H2,1-5H3;2*1H;/q-2;;;+4/p-2. The molecule has 0 saturated heterocycles. The third kappa shape index (κ3) is 7.86. The van der Waals surface area contributed by atoms with E-state index in [0.717, 1.165) is 24.0 Å². The number of hydrogen-bond acceptors (Lipinski definition) is 2. The van der Waals surface area contributed by atoms with Crippen LogP contribution in [-0.2, 0) is 27.3 Å². The summed E-state index contributed by atoms with van der Waals surface area (Å²) >= 11 is -0.826. The number of hydrogen-bond donors (Lipinski definition) is 0. The topological polar surface area (TPSA) is 18.5 Å². The van der Waals surface area contributed by atoms with E-state index in [2.05, 4.69) is 160 Å². The summed E-state index contributed by atoms with van der Waals surface area (Å²) in [5.41, 5.74) is 12.4. The van der Waals surface area contributed by atoms with E-state index in [9.17, 15) is 0 Å². The van der Waals surface area contributed by atoms with Crippen LogP contribution >= 0.6 is 17.0 Å². The molecule has 0 spiro atoms. The van der Waals surface area contributed by atoms with Gasteiger partial charge in [-0.05, 0) is 59.2 Å². The van der Waals surface area contributed by atoms with Crippen molar-refractivity contribution in [2.24, 2.45) is 0 Å². The first-order valence-corrected chi connectivity index (χ1v) is 26.5. The molecule has 51 heavy (non-hydrogen) atoms. The molecule has 6 heteroatoms. The van der Waals surface area contributed by atoms with Gasteiger partial charge in [-0.2, -0.15) is 34.4 Å². The Morgan fingerprint density at radius 2 is 1.08 bits per heavy atom. The van der Waals surface area contributed by atoms with Crippen molar-refractivity contribution in [3.05, 3.63) is 178 Å². The zero-order chi connectivity index (χ0) is 36.0. The Labute approximate surface area is 323 Å². The van der Waals surface area contributed by atoms with Crippen LogP contribution in [0.2, 0.25) is 12.6 Å². The van der Waals surface area contributed by atoms with Crippen molar-refractivity contribution in [2.75, 3.05) is 14.2 Å². The van der Waals surface area contributed by atoms with Gasteiger partial charge in [0.2, 0.25) is 0 Å². The van der Waals surface area contributed by atoms with Crippen molar-refractivity contribution < 1.29 is 30.3 Å². The summed E-state index contributed by atoms with van der Waals surface area (Å²) in [4.78, 5) is 0. The molecule has 0 aromatic heterocycles. The van der Waals surface area contributed by atoms with Crippen LogP contribution in [0.5, 0.6) is 11.5 Å². The molecule has 2 nitrogen and oxygen atoms in total. The zero-order valence-electron chi connectivity index (χ0n) is 29.9. The summed E-state index contributed by atoms with van der Waals surface area (Å²) in [5, 5.41) is 3.16. The van der Waals surface area contributed by atoms with Gasteiger partial charge in [0.25, 0.3) is 0 Å². The molecule has 0 amide bonds. The number of benzene rings is 3. The van der Waals surface area contributed by atoms with Gasteiger partial charge in [-0.3, -0.25) is 0 Å². The fourth-order valence-corrected chi connectivity index (χ4v) is 13.4. The van der Waals surface area contributed by atoms with Crippen molar-refractivity contribution in [3.8, 4) is 11.5 Å². The Morgan fingerprint density at radius 1 is 0.647 bits per heavy atom. The molecule has 0 fully saturated rings. The minimum absolute atomic E-state index is 0.183. The predicted octanol–water partition coefficient (Wildman–Crippen LogP) is 11.0. The number of ether oxygens (including phenoxy) is 2. The van der Waals surface area contributed by atoms with Crippen LogP contribution in [0.4, 0.5) is 0 Å². The molecule has 7 rings (SSSR count).